The molecule has 0 atom stereocenters. The highest BCUT2D eigenvalue weighted by Gasteiger charge is 2.26. The number of carbonyl (C=O) groups is 2. The molecule has 2 saturated heterocycles. The number of likely N-dealkylation sites (tertiary alicyclic amines) is 1. The van der Waals surface area contributed by atoms with E-state index < -0.39 is 0 Å². The van der Waals surface area contributed by atoms with Gasteiger partial charge in [0.2, 0.25) is 11.8 Å². The van der Waals surface area contributed by atoms with Gasteiger partial charge in [0.25, 0.3) is 0 Å². The number of piperidine rings is 1. The molecule has 1 N–H and O–H groups in total. The predicted molar refractivity (Wildman–Crippen MR) is 121 cm³/mol. The Morgan fingerprint density at radius 2 is 1.77 bits per heavy atom. The van der Waals surface area contributed by atoms with Crippen molar-refractivity contribution < 1.29 is 9.59 Å². The van der Waals surface area contributed by atoms with E-state index in [4.69, 9.17) is 23.2 Å². The summed E-state index contributed by atoms with van der Waals surface area (Å²) in [5.41, 5.74) is 2.72. The fourth-order valence-electron chi connectivity index (χ4n) is 4.13. The van der Waals surface area contributed by atoms with E-state index in [9.17, 15) is 9.59 Å². The Bertz CT molecular complexity index is 925. The van der Waals surface area contributed by atoms with E-state index in [0.29, 0.717) is 16.5 Å². The number of hydrogen-bond acceptors (Lipinski definition) is 3. The number of benzene rings is 2. The second kappa shape index (κ2) is 9.38. The molecule has 7 heteroatoms. The van der Waals surface area contributed by atoms with Crippen molar-refractivity contribution in [2.24, 2.45) is 5.92 Å². The summed E-state index contributed by atoms with van der Waals surface area (Å²) in [6, 6.07) is 13.1. The van der Waals surface area contributed by atoms with Crippen LogP contribution in [0, 0.1) is 5.92 Å². The molecule has 5 nitrogen and oxygen atoms in total. The van der Waals surface area contributed by atoms with Crippen LogP contribution in [0.1, 0.15) is 31.2 Å². The summed E-state index contributed by atoms with van der Waals surface area (Å²) in [4.78, 5) is 28.7. The molecule has 0 bridgehead atoms. The second-order valence-corrected chi connectivity index (χ2v) is 8.81. The molecule has 2 aromatic rings. The van der Waals surface area contributed by atoms with Crippen LogP contribution in [0.15, 0.2) is 42.5 Å². The molecule has 2 fully saturated rings. The van der Waals surface area contributed by atoms with Gasteiger partial charge in [-0.15, -0.1) is 0 Å². The first-order valence-corrected chi connectivity index (χ1v) is 11.1. The van der Waals surface area contributed by atoms with Crippen LogP contribution in [0.25, 0.3) is 0 Å². The maximum atomic E-state index is 12.7. The smallest absolute Gasteiger partial charge is 0.227 e. The van der Waals surface area contributed by atoms with E-state index in [-0.39, 0.29) is 17.7 Å². The van der Waals surface area contributed by atoms with Crippen LogP contribution in [0.3, 0.4) is 0 Å². The Labute approximate surface area is 186 Å². The first-order valence-electron chi connectivity index (χ1n) is 10.4. The number of rotatable bonds is 5. The van der Waals surface area contributed by atoms with E-state index in [0.717, 1.165) is 62.4 Å². The van der Waals surface area contributed by atoms with Crippen molar-refractivity contribution in [3.8, 4) is 0 Å². The first-order chi connectivity index (χ1) is 14.5. The third kappa shape index (κ3) is 4.97. The van der Waals surface area contributed by atoms with Gasteiger partial charge in [-0.25, -0.2) is 0 Å². The van der Waals surface area contributed by atoms with Gasteiger partial charge in [0.1, 0.15) is 0 Å². The highest BCUT2D eigenvalue weighted by atomic mass is 35.5. The van der Waals surface area contributed by atoms with Gasteiger partial charge in [-0.3, -0.25) is 14.5 Å². The number of hydrogen-bond donors (Lipinski definition) is 1. The summed E-state index contributed by atoms with van der Waals surface area (Å²) in [5.74, 6) is 0.226. The monoisotopic (exact) mass is 445 g/mol. The van der Waals surface area contributed by atoms with Crippen LogP contribution in [-0.4, -0.2) is 36.3 Å². The molecule has 2 heterocycles. The zero-order valence-corrected chi connectivity index (χ0v) is 18.3. The predicted octanol–water partition coefficient (Wildman–Crippen LogP) is 4.97. The van der Waals surface area contributed by atoms with Gasteiger partial charge < -0.3 is 10.2 Å². The van der Waals surface area contributed by atoms with Crippen LogP contribution >= 0.6 is 23.2 Å². The maximum Gasteiger partial charge on any atom is 0.227 e. The Hall–Kier alpha value is -2.08. The third-order valence-corrected chi connectivity index (χ3v) is 6.47. The van der Waals surface area contributed by atoms with Crippen molar-refractivity contribution in [1.29, 1.82) is 0 Å². The highest BCUT2D eigenvalue weighted by molar-refractivity contribution is 6.35. The SMILES string of the molecule is O=C(Nc1ccc(N2CCCC2=O)cc1)C1CCN(Cc2ccc(Cl)cc2Cl)CC1. The standard InChI is InChI=1S/C23H25Cl2N3O2/c24-18-4-3-17(21(25)14-18)15-27-12-9-16(10-13-27)23(30)26-19-5-7-20(8-6-19)28-11-1-2-22(28)29/h3-8,14,16H,1-2,9-13,15H2,(H,26,30). The van der Waals surface area contributed by atoms with E-state index in [1.54, 1.807) is 11.0 Å². The molecule has 4 rings (SSSR count). The Balaban J connectivity index is 1.27. The van der Waals surface area contributed by atoms with Crippen molar-refractivity contribution in [1.82, 2.24) is 4.90 Å². The fourth-order valence-corrected chi connectivity index (χ4v) is 4.60. The van der Waals surface area contributed by atoms with Gasteiger partial charge >= 0.3 is 0 Å². The van der Waals surface area contributed by atoms with E-state index in [1.807, 2.05) is 36.4 Å². The summed E-state index contributed by atoms with van der Waals surface area (Å²) < 4.78 is 0. The molecule has 2 amide bonds. The van der Waals surface area contributed by atoms with Crippen molar-refractivity contribution in [2.45, 2.75) is 32.2 Å². The number of nitrogens with zero attached hydrogens (tertiary/aromatic N) is 2. The molecule has 0 aromatic heterocycles. The summed E-state index contributed by atoms with van der Waals surface area (Å²) in [5, 5.41) is 4.34. The van der Waals surface area contributed by atoms with Gasteiger partial charge in [-0.05, 0) is 74.3 Å². The lowest BCUT2D eigenvalue weighted by atomic mass is 9.95. The van der Waals surface area contributed by atoms with Gasteiger partial charge in [0, 0.05) is 46.8 Å². The fraction of sp³-hybridized carbons (Fsp3) is 0.391. The van der Waals surface area contributed by atoms with E-state index in [1.165, 1.54) is 0 Å². The topological polar surface area (TPSA) is 52.7 Å². The normalized spacial score (nSPS) is 18.1. The quantitative estimate of drug-likeness (QED) is 0.706. The lowest BCUT2D eigenvalue weighted by Gasteiger charge is -2.31. The molecule has 0 aliphatic carbocycles. The van der Waals surface area contributed by atoms with Crippen LogP contribution in [-0.2, 0) is 16.1 Å². The first kappa shape index (κ1) is 21.2. The summed E-state index contributed by atoms with van der Waals surface area (Å²) in [6.07, 6.45) is 3.15. The van der Waals surface area contributed by atoms with Gasteiger partial charge in [0.15, 0.2) is 0 Å². The summed E-state index contributed by atoms with van der Waals surface area (Å²) >= 11 is 12.3. The van der Waals surface area contributed by atoms with Crippen LogP contribution < -0.4 is 10.2 Å². The lowest BCUT2D eigenvalue weighted by molar-refractivity contribution is -0.121. The number of carbonyl (C=O) groups excluding carboxylic acids is 2. The average molecular weight is 446 g/mol. The van der Waals surface area contributed by atoms with Gasteiger partial charge in [0.05, 0.1) is 0 Å². The molecule has 0 unspecified atom stereocenters. The van der Waals surface area contributed by atoms with Crippen molar-refractivity contribution in [3.63, 3.8) is 0 Å². The molecule has 0 radical (unpaired) electrons. The number of halogens is 2. The largest absolute Gasteiger partial charge is 0.326 e. The molecule has 2 aliphatic heterocycles. The molecule has 2 aliphatic rings. The molecule has 158 valence electrons. The molecular weight excluding hydrogens is 421 g/mol. The minimum Gasteiger partial charge on any atom is -0.326 e. The molecular formula is C23H25Cl2N3O2. The Morgan fingerprint density at radius 1 is 1.03 bits per heavy atom. The van der Waals surface area contributed by atoms with Crippen molar-refractivity contribution in [3.05, 3.63) is 58.1 Å². The van der Waals surface area contributed by atoms with E-state index in [2.05, 4.69) is 10.2 Å². The molecule has 2 aromatic carbocycles. The number of anilines is 2. The lowest BCUT2D eigenvalue weighted by Crippen LogP contribution is -2.37. The van der Waals surface area contributed by atoms with Crippen molar-refractivity contribution >= 4 is 46.4 Å². The molecule has 0 saturated carbocycles. The minimum atomic E-state index is 0.00164. The highest BCUT2D eigenvalue weighted by Crippen LogP contribution is 2.26. The Morgan fingerprint density at radius 3 is 2.40 bits per heavy atom. The zero-order chi connectivity index (χ0) is 21.1. The number of nitrogens with one attached hydrogen (secondary N) is 1. The minimum absolute atomic E-state index is 0.00164. The second-order valence-electron chi connectivity index (χ2n) is 7.97. The van der Waals surface area contributed by atoms with Gasteiger partial charge in [-0.2, -0.15) is 0 Å². The maximum absolute atomic E-state index is 12.7. The van der Waals surface area contributed by atoms with Crippen molar-refractivity contribution in [2.75, 3.05) is 29.9 Å². The summed E-state index contributed by atoms with van der Waals surface area (Å²) in [6.45, 7) is 3.24. The average Bonchev–Trinajstić information content (AvgIpc) is 3.17. The van der Waals surface area contributed by atoms with Crippen LogP contribution in [0.5, 0.6) is 0 Å². The molecule has 0 spiro atoms. The van der Waals surface area contributed by atoms with Crippen LogP contribution in [0.2, 0.25) is 10.0 Å². The van der Waals surface area contributed by atoms with E-state index >= 15 is 0 Å². The summed E-state index contributed by atoms with van der Waals surface area (Å²) in [7, 11) is 0. The Kier molecular flexibility index (Phi) is 6.61. The number of amides is 2. The molecule has 30 heavy (non-hydrogen) atoms. The zero-order valence-electron chi connectivity index (χ0n) is 16.7. The third-order valence-electron chi connectivity index (χ3n) is 5.89. The van der Waals surface area contributed by atoms with Gasteiger partial charge in [-0.1, -0.05) is 29.3 Å². The van der Waals surface area contributed by atoms with Crippen LogP contribution in [0.4, 0.5) is 11.4 Å².